The first kappa shape index (κ1) is 15.9. The molecule has 24 heavy (non-hydrogen) atoms. The molecule has 3 aromatic rings. The van der Waals surface area contributed by atoms with Crippen molar-refractivity contribution in [1.29, 1.82) is 0 Å². The van der Waals surface area contributed by atoms with E-state index in [1.165, 1.54) is 0 Å². The summed E-state index contributed by atoms with van der Waals surface area (Å²) >= 11 is 0. The lowest BCUT2D eigenvalue weighted by molar-refractivity contribution is 0.374. The average molecular weight is 321 g/mol. The van der Waals surface area contributed by atoms with Gasteiger partial charge < -0.3 is 14.2 Å². The molecule has 0 saturated heterocycles. The summed E-state index contributed by atoms with van der Waals surface area (Å²) in [6.45, 7) is 0. The van der Waals surface area contributed by atoms with E-state index in [0.29, 0.717) is 17.2 Å². The lowest BCUT2D eigenvalue weighted by Crippen LogP contribution is -1.94. The van der Waals surface area contributed by atoms with Crippen LogP contribution in [0, 0.1) is 0 Å². The van der Waals surface area contributed by atoms with Gasteiger partial charge in [-0.25, -0.2) is 0 Å². The molecule has 2 aromatic carbocycles. The molecule has 0 atom stereocenters. The van der Waals surface area contributed by atoms with Crippen LogP contribution in [0.5, 0.6) is 17.2 Å². The normalized spacial score (nSPS) is 11.0. The summed E-state index contributed by atoms with van der Waals surface area (Å²) in [4.78, 5) is 4.39. The Balaban J connectivity index is 2.08. The van der Waals surface area contributed by atoms with Gasteiger partial charge in [-0.2, -0.15) is 0 Å². The quantitative estimate of drug-likeness (QED) is 0.697. The van der Waals surface area contributed by atoms with Crippen LogP contribution in [0.2, 0.25) is 0 Å². The summed E-state index contributed by atoms with van der Waals surface area (Å²) in [5.74, 6) is 2.08. The molecule has 1 heterocycles. The topological polar surface area (TPSA) is 40.6 Å². The molecular weight excluding hydrogens is 302 g/mol. The Kier molecular flexibility index (Phi) is 4.66. The fourth-order valence-corrected chi connectivity index (χ4v) is 2.63. The Morgan fingerprint density at radius 3 is 2.21 bits per heavy atom. The Morgan fingerprint density at radius 1 is 0.833 bits per heavy atom. The Morgan fingerprint density at radius 2 is 1.54 bits per heavy atom. The third-order valence-electron chi connectivity index (χ3n) is 3.87. The van der Waals surface area contributed by atoms with E-state index in [-0.39, 0.29) is 0 Å². The number of ether oxygens (including phenoxy) is 3. The van der Waals surface area contributed by atoms with E-state index in [1.807, 2.05) is 54.7 Å². The molecule has 0 aliphatic carbocycles. The number of aromatic nitrogens is 1. The zero-order chi connectivity index (χ0) is 16.9. The summed E-state index contributed by atoms with van der Waals surface area (Å²) < 4.78 is 16.2. The molecule has 122 valence electrons. The fourth-order valence-electron chi connectivity index (χ4n) is 2.63. The third-order valence-corrected chi connectivity index (χ3v) is 3.87. The van der Waals surface area contributed by atoms with Crippen molar-refractivity contribution in [3.8, 4) is 17.2 Å². The monoisotopic (exact) mass is 321 g/mol. The fraction of sp³-hybridized carbons (Fsp3) is 0.150. The summed E-state index contributed by atoms with van der Waals surface area (Å²) in [6.07, 6.45) is 5.83. The van der Waals surface area contributed by atoms with Crippen LogP contribution in [0.25, 0.3) is 23.1 Å². The highest BCUT2D eigenvalue weighted by molar-refractivity contribution is 5.91. The molecule has 0 aliphatic rings. The number of para-hydroxylation sites is 1. The second kappa shape index (κ2) is 7.04. The van der Waals surface area contributed by atoms with Crippen LogP contribution in [0.4, 0.5) is 0 Å². The van der Waals surface area contributed by atoms with Crippen LogP contribution >= 0.6 is 0 Å². The number of fused-ring (bicyclic) bond motifs is 1. The van der Waals surface area contributed by atoms with Gasteiger partial charge in [0.1, 0.15) is 17.2 Å². The minimum Gasteiger partial charge on any atom is -0.496 e. The highest BCUT2D eigenvalue weighted by atomic mass is 16.5. The van der Waals surface area contributed by atoms with E-state index in [4.69, 9.17) is 14.2 Å². The maximum atomic E-state index is 5.48. The standard InChI is InChI=1S/C20H19NO3/c1-22-15-12-19(23-2)17(20(13-15)24-3)9-8-14-10-11-21-18-7-5-4-6-16(14)18/h4-13H,1-3H3/b9-8+. The number of benzene rings is 2. The Bertz CT molecular complexity index is 857. The first-order chi connectivity index (χ1) is 11.8. The number of nitrogens with zero attached hydrogens (tertiary/aromatic N) is 1. The highest BCUT2D eigenvalue weighted by Gasteiger charge is 2.11. The number of hydrogen-bond acceptors (Lipinski definition) is 4. The second-order valence-corrected chi connectivity index (χ2v) is 5.20. The van der Waals surface area contributed by atoms with Crippen molar-refractivity contribution in [3.63, 3.8) is 0 Å². The van der Waals surface area contributed by atoms with Crippen molar-refractivity contribution < 1.29 is 14.2 Å². The van der Waals surface area contributed by atoms with Gasteiger partial charge in [-0.15, -0.1) is 0 Å². The molecule has 3 rings (SSSR count). The van der Waals surface area contributed by atoms with Gasteiger partial charge in [0, 0.05) is 23.7 Å². The van der Waals surface area contributed by atoms with Gasteiger partial charge in [0.25, 0.3) is 0 Å². The molecule has 0 radical (unpaired) electrons. The molecule has 0 aliphatic heterocycles. The van der Waals surface area contributed by atoms with E-state index in [0.717, 1.165) is 22.0 Å². The summed E-state index contributed by atoms with van der Waals surface area (Å²) in [7, 11) is 4.88. The molecule has 0 bridgehead atoms. The summed E-state index contributed by atoms with van der Waals surface area (Å²) in [5.41, 5.74) is 2.91. The van der Waals surface area contributed by atoms with Crippen molar-refractivity contribution in [2.24, 2.45) is 0 Å². The van der Waals surface area contributed by atoms with Crippen molar-refractivity contribution in [2.45, 2.75) is 0 Å². The number of pyridine rings is 1. The van der Waals surface area contributed by atoms with Crippen molar-refractivity contribution in [3.05, 3.63) is 59.8 Å². The first-order valence-corrected chi connectivity index (χ1v) is 7.58. The van der Waals surface area contributed by atoms with Crippen molar-refractivity contribution in [1.82, 2.24) is 4.98 Å². The van der Waals surface area contributed by atoms with Gasteiger partial charge in [0.15, 0.2) is 0 Å². The van der Waals surface area contributed by atoms with Crippen LogP contribution in [-0.4, -0.2) is 26.3 Å². The minimum atomic E-state index is 0.690. The Labute approximate surface area is 141 Å². The average Bonchev–Trinajstić information content (AvgIpc) is 2.65. The van der Waals surface area contributed by atoms with Gasteiger partial charge in [0.2, 0.25) is 0 Å². The molecule has 0 spiro atoms. The SMILES string of the molecule is COc1cc(OC)c(/C=C/c2ccnc3ccccc23)c(OC)c1. The predicted molar refractivity (Wildman–Crippen MR) is 96.8 cm³/mol. The van der Waals surface area contributed by atoms with Gasteiger partial charge in [-0.3, -0.25) is 4.98 Å². The molecule has 0 fully saturated rings. The third kappa shape index (κ3) is 3.04. The smallest absolute Gasteiger partial charge is 0.133 e. The molecule has 0 saturated carbocycles. The molecule has 0 unspecified atom stereocenters. The maximum absolute atomic E-state index is 5.48. The van der Waals surface area contributed by atoms with Crippen molar-refractivity contribution in [2.75, 3.05) is 21.3 Å². The van der Waals surface area contributed by atoms with E-state index in [1.54, 1.807) is 21.3 Å². The largest absolute Gasteiger partial charge is 0.496 e. The summed E-state index contributed by atoms with van der Waals surface area (Å²) in [5, 5.41) is 1.10. The molecule has 0 amide bonds. The van der Waals surface area contributed by atoms with Gasteiger partial charge in [-0.05, 0) is 23.8 Å². The zero-order valence-corrected chi connectivity index (χ0v) is 13.9. The van der Waals surface area contributed by atoms with Crippen LogP contribution in [0.3, 0.4) is 0 Å². The predicted octanol–water partition coefficient (Wildman–Crippen LogP) is 4.43. The van der Waals surface area contributed by atoms with Gasteiger partial charge >= 0.3 is 0 Å². The van der Waals surface area contributed by atoms with Crippen LogP contribution < -0.4 is 14.2 Å². The van der Waals surface area contributed by atoms with Gasteiger partial charge in [-0.1, -0.05) is 24.3 Å². The number of hydrogen-bond donors (Lipinski definition) is 0. The minimum absolute atomic E-state index is 0.690. The first-order valence-electron chi connectivity index (χ1n) is 7.58. The zero-order valence-electron chi connectivity index (χ0n) is 13.9. The number of rotatable bonds is 5. The molecule has 4 nitrogen and oxygen atoms in total. The van der Waals surface area contributed by atoms with E-state index >= 15 is 0 Å². The molecule has 0 N–H and O–H groups in total. The molecule has 1 aromatic heterocycles. The van der Waals surface area contributed by atoms with E-state index in [9.17, 15) is 0 Å². The Hall–Kier alpha value is -3.01. The van der Waals surface area contributed by atoms with Crippen molar-refractivity contribution >= 4 is 23.1 Å². The van der Waals surface area contributed by atoms with E-state index in [2.05, 4.69) is 11.1 Å². The lowest BCUT2D eigenvalue weighted by Gasteiger charge is -2.12. The van der Waals surface area contributed by atoms with E-state index < -0.39 is 0 Å². The van der Waals surface area contributed by atoms with Crippen LogP contribution in [0.15, 0.2) is 48.7 Å². The van der Waals surface area contributed by atoms with Crippen LogP contribution in [-0.2, 0) is 0 Å². The lowest BCUT2D eigenvalue weighted by atomic mass is 10.1. The summed E-state index contributed by atoms with van der Waals surface area (Å²) in [6, 6.07) is 13.7. The second-order valence-electron chi connectivity index (χ2n) is 5.20. The highest BCUT2D eigenvalue weighted by Crippen LogP contribution is 2.35. The van der Waals surface area contributed by atoms with Crippen LogP contribution in [0.1, 0.15) is 11.1 Å². The molecule has 4 heteroatoms. The van der Waals surface area contributed by atoms with Gasteiger partial charge in [0.05, 0.1) is 32.4 Å². The molecular formula is C20H19NO3. The maximum Gasteiger partial charge on any atom is 0.133 e. The number of methoxy groups -OCH3 is 3.